The van der Waals surface area contributed by atoms with E-state index in [1.54, 1.807) is 0 Å². The maximum absolute atomic E-state index is 2.16. The zero-order chi connectivity index (χ0) is 12.9. The molecule has 0 saturated carbocycles. The molecule has 93 valence electrons. The van der Waals surface area contributed by atoms with Crippen LogP contribution in [-0.4, -0.2) is 18.9 Å². The van der Waals surface area contributed by atoms with E-state index >= 15 is 0 Å². The molecule has 0 nitrogen and oxygen atoms in total. The van der Waals surface area contributed by atoms with Crippen LogP contribution < -0.4 is 0 Å². The van der Waals surface area contributed by atoms with Crippen molar-refractivity contribution < 1.29 is 0 Å². The zero-order valence-corrected chi connectivity index (χ0v) is 10.7. The first kappa shape index (κ1) is 14.7. The first-order valence-corrected chi connectivity index (χ1v) is 6.48. The minimum absolute atomic E-state index is 0. The molecule has 0 bridgehead atoms. The predicted molar refractivity (Wildman–Crippen MR) is 87.0 cm³/mol. The van der Waals surface area contributed by atoms with E-state index in [9.17, 15) is 0 Å². The molecule has 0 heterocycles. The van der Waals surface area contributed by atoms with E-state index in [2.05, 4.69) is 91.0 Å². The van der Waals surface area contributed by atoms with Gasteiger partial charge in [0.05, 0.1) is 5.92 Å². The largest absolute Gasteiger partial charge is 0.0629 e. The first-order chi connectivity index (χ1) is 9.45. The molecule has 0 spiro atoms. The zero-order valence-electron chi connectivity index (χ0n) is 10.7. The van der Waals surface area contributed by atoms with E-state index in [1.165, 1.54) is 22.6 Å². The molecule has 1 heteroatoms. The van der Waals surface area contributed by atoms with Gasteiger partial charge in [0.2, 0.25) is 0 Å². The standard InChI is InChI=1S/C19H15.Li.H/c1-4-10-16(11-5-1)19(17-12-6-2-7-13-17)18-14-8-3-9-15-18;;/h1-15H;;. The van der Waals surface area contributed by atoms with Crippen molar-refractivity contribution >= 4 is 18.9 Å². The molecule has 0 aliphatic rings. The van der Waals surface area contributed by atoms with Crippen LogP contribution in [0.2, 0.25) is 0 Å². The SMILES string of the molecule is [LiH].c1ccc([C](c2ccccc2)c2ccccc2)cc1. The monoisotopic (exact) mass is 251 g/mol. The van der Waals surface area contributed by atoms with Crippen molar-refractivity contribution in [1.29, 1.82) is 0 Å². The third-order valence-corrected chi connectivity index (χ3v) is 3.19. The fraction of sp³-hybridized carbons (Fsp3) is 0. The minimum Gasteiger partial charge on any atom is -0.0622 e. The van der Waals surface area contributed by atoms with Crippen LogP contribution in [0.5, 0.6) is 0 Å². The Morgan fingerprint density at radius 2 is 0.650 bits per heavy atom. The molecule has 1 radical (unpaired) electrons. The molecule has 0 N–H and O–H groups in total. The maximum Gasteiger partial charge on any atom is 0.0629 e. The number of rotatable bonds is 3. The van der Waals surface area contributed by atoms with Gasteiger partial charge in [0.15, 0.2) is 0 Å². The van der Waals surface area contributed by atoms with Gasteiger partial charge in [-0.05, 0) is 16.7 Å². The van der Waals surface area contributed by atoms with Crippen molar-refractivity contribution in [2.24, 2.45) is 0 Å². The fourth-order valence-corrected chi connectivity index (χ4v) is 2.31. The number of hydrogen-bond donors (Lipinski definition) is 0. The number of hydrogen-bond acceptors (Lipinski definition) is 0. The fourth-order valence-electron chi connectivity index (χ4n) is 2.31. The predicted octanol–water partition coefficient (Wildman–Crippen LogP) is 4.06. The van der Waals surface area contributed by atoms with Crippen LogP contribution in [0.1, 0.15) is 16.7 Å². The average Bonchev–Trinajstić information content (AvgIpc) is 2.51. The van der Waals surface area contributed by atoms with Gasteiger partial charge in [-0.2, -0.15) is 0 Å². The van der Waals surface area contributed by atoms with Gasteiger partial charge in [0.1, 0.15) is 0 Å². The van der Waals surface area contributed by atoms with Gasteiger partial charge in [0, 0.05) is 0 Å². The Balaban J connectivity index is 0.00000147. The second kappa shape index (κ2) is 7.15. The van der Waals surface area contributed by atoms with Gasteiger partial charge in [-0.3, -0.25) is 0 Å². The molecule has 0 amide bonds. The molecule has 0 fully saturated rings. The van der Waals surface area contributed by atoms with Crippen molar-refractivity contribution in [3.63, 3.8) is 0 Å². The Labute approximate surface area is 132 Å². The van der Waals surface area contributed by atoms with E-state index in [-0.39, 0.29) is 18.9 Å². The smallest absolute Gasteiger partial charge is 0.0622 e. The van der Waals surface area contributed by atoms with Crippen LogP contribution in [0.25, 0.3) is 0 Å². The third-order valence-electron chi connectivity index (χ3n) is 3.19. The van der Waals surface area contributed by atoms with Gasteiger partial charge < -0.3 is 0 Å². The Bertz CT molecular complexity index is 524. The van der Waals surface area contributed by atoms with E-state index in [0.717, 1.165) is 0 Å². The molecule has 3 aromatic carbocycles. The number of benzene rings is 3. The Morgan fingerprint density at radius 3 is 0.900 bits per heavy atom. The molecule has 0 aliphatic heterocycles. The quantitative estimate of drug-likeness (QED) is 0.486. The second-order valence-electron chi connectivity index (χ2n) is 4.47. The van der Waals surface area contributed by atoms with Gasteiger partial charge in [0.25, 0.3) is 0 Å². The molecule has 3 rings (SSSR count). The summed E-state index contributed by atoms with van der Waals surface area (Å²) in [7, 11) is 0. The van der Waals surface area contributed by atoms with Crippen LogP contribution in [-0.2, 0) is 0 Å². The normalized spacial score (nSPS) is 10.1. The molecular formula is C19H16Li. The first-order valence-electron chi connectivity index (χ1n) is 6.48. The van der Waals surface area contributed by atoms with Crippen LogP contribution in [0, 0.1) is 5.92 Å². The molecular weight excluding hydrogens is 235 g/mol. The summed E-state index contributed by atoms with van der Waals surface area (Å²) in [6, 6.07) is 31.6. The topological polar surface area (TPSA) is 0 Å². The van der Waals surface area contributed by atoms with E-state index < -0.39 is 0 Å². The molecule has 3 aromatic rings. The van der Waals surface area contributed by atoms with Crippen LogP contribution in [0.4, 0.5) is 0 Å². The molecule has 0 aromatic heterocycles. The summed E-state index contributed by atoms with van der Waals surface area (Å²) in [5.41, 5.74) is 3.75. The average molecular weight is 251 g/mol. The molecule has 0 unspecified atom stereocenters. The van der Waals surface area contributed by atoms with Gasteiger partial charge in [-0.25, -0.2) is 0 Å². The van der Waals surface area contributed by atoms with Crippen molar-refractivity contribution in [2.75, 3.05) is 0 Å². The summed E-state index contributed by atoms with van der Waals surface area (Å²) in [5, 5.41) is 0. The van der Waals surface area contributed by atoms with Gasteiger partial charge in [-0.15, -0.1) is 0 Å². The summed E-state index contributed by atoms with van der Waals surface area (Å²) in [6.45, 7) is 0. The van der Waals surface area contributed by atoms with Crippen molar-refractivity contribution in [2.45, 2.75) is 0 Å². The summed E-state index contributed by atoms with van der Waals surface area (Å²) in [5.74, 6) is 1.28. The Hall–Kier alpha value is -1.74. The molecule has 0 atom stereocenters. The van der Waals surface area contributed by atoms with E-state index in [1.807, 2.05) is 0 Å². The van der Waals surface area contributed by atoms with Crippen molar-refractivity contribution in [1.82, 2.24) is 0 Å². The van der Waals surface area contributed by atoms with Crippen molar-refractivity contribution in [3.05, 3.63) is 114 Å². The Kier molecular flexibility index (Phi) is 5.24. The summed E-state index contributed by atoms with van der Waals surface area (Å²) < 4.78 is 0. The molecule has 0 aliphatic carbocycles. The summed E-state index contributed by atoms with van der Waals surface area (Å²) in [6.07, 6.45) is 0. The molecule has 0 saturated heterocycles. The van der Waals surface area contributed by atoms with Crippen LogP contribution in [0.15, 0.2) is 91.0 Å². The van der Waals surface area contributed by atoms with Gasteiger partial charge >= 0.3 is 18.9 Å². The van der Waals surface area contributed by atoms with Crippen molar-refractivity contribution in [3.8, 4) is 0 Å². The summed E-state index contributed by atoms with van der Waals surface area (Å²) in [4.78, 5) is 0. The minimum atomic E-state index is 0. The van der Waals surface area contributed by atoms with E-state index in [0.29, 0.717) is 0 Å². The molecule has 20 heavy (non-hydrogen) atoms. The third kappa shape index (κ3) is 3.22. The Morgan fingerprint density at radius 1 is 0.400 bits per heavy atom. The second-order valence-corrected chi connectivity index (χ2v) is 4.47. The van der Waals surface area contributed by atoms with Crippen LogP contribution >= 0.6 is 0 Å². The van der Waals surface area contributed by atoms with Crippen LogP contribution in [0.3, 0.4) is 0 Å². The van der Waals surface area contributed by atoms with E-state index in [4.69, 9.17) is 0 Å². The summed E-state index contributed by atoms with van der Waals surface area (Å²) >= 11 is 0. The van der Waals surface area contributed by atoms with Gasteiger partial charge in [-0.1, -0.05) is 91.0 Å². The maximum atomic E-state index is 2.16.